The Balaban J connectivity index is 1.34. The van der Waals surface area contributed by atoms with Crippen LogP contribution < -0.4 is 14.9 Å². The van der Waals surface area contributed by atoms with E-state index in [0.29, 0.717) is 5.76 Å². The number of ether oxygens (including phenoxy) is 2. The summed E-state index contributed by atoms with van der Waals surface area (Å²) in [6.07, 6.45) is 1.59. The molecule has 0 saturated heterocycles. The van der Waals surface area contributed by atoms with Crippen molar-refractivity contribution < 1.29 is 18.7 Å². The SMILES string of the molecule is COc1ccc2cc(/C=N\NC(=O)c3ccc(COc4ccccc4)o3)ccc2c1. The summed E-state index contributed by atoms with van der Waals surface area (Å²) in [7, 11) is 1.64. The highest BCUT2D eigenvalue weighted by Gasteiger charge is 2.10. The molecule has 0 fully saturated rings. The third-order valence-electron chi connectivity index (χ3n) is 4.46. The van der Waals surface area contributed by atoms with Gasteiger partial charge in [0.05, 0.1) is 13.3 Å². The molecule has 4 aromatic rings. The molecule has 0 bridgehead atoms. The van der Waals surface area contributed by atoms with E-state index in [1.165, 1.54) is 0 Å². The Hall–Kier alpha value is -4.06. The maximum Gasteiger partial charge on any atom is 0.307 e. The molecule has 0 aliphatic heterocycles. The molecular weight excluding hydrogens is 380 g/mol. The van der Waals surface area contributed by atoms with Crippen molar-refractivity contribution in [3.05, 3.63) is 95.9 Å². The Morgan fingerprint density at radius 1 is 0.967 bits per heavy atom. The van der Waals surface area contributed by atoms with E-state index in [4.69, 9.17) is 13.9 Å². The number of fused-ring (bicyclic) bond motifs is 1. The average molecular weight is 400 g/mol. The quantitative estimate of drug-likeness (QED) is 0.358. The highest BCUT2D eigenvalue weighted by atomic mass is 16.5. The third-order valence-corrected chi connectivity index (χ3v) is 4.46. The second kappa shape index (κ2) is 8.96. The highest BCUT2D eigenvalue weighted by Crippen LogP contribution is 2.21. The number of hydrazone groups is 1. The second-order valence-electron chi connectivity index (χ2n) is 6.54. The fourth-order valence-electron chi connectivity index (χ4n) is 2.92. The average Bonchev–Trinajstić information content (AvgIpc) is 3.27. The number of methoxy groups -OCH3 is 1. The lowest BCUT2D eigenvalue weighted by atomic mass is 10.1. The molecule has 1 amide bonds. The van der Waals surface area contributed by atoms with Crippen LogP contribution in [0.25, 0.3) is 10.8 Å². The topological polar surface area (TPSA) is 73.1 Å². The minimum Gasteiger partial charge on any atom is -0.497 e. The molecule has 0 unspecified atom stereocenters. The van der Waals surface area contributed by atoms with Crippen molar-refractivity contribution in [3.63, 3.8) is 0 Å². The zero-order valence-corrected chi connectivity index (χ0v) is 16.4. The first-order valence-electron chi connectivity index (χ1n) is 9.39. The summed E-state index contributed by atoms with van der Waals surface area (Å²) < 4.78 is 16.4. The summed E-state index contributed by atoms with van der Waals surface area (Å²) in [6, 6.07) is 24.4. The first-order chi connectivity index (χ1) is 14.7. The van der Waals surface area contributed by atoms with Crippen molar-refractivity contribution in [3.8, 4) is 11.5 Å². The van der Waals surface area contributed by atoms with E-state index >= 15 is 0 Å². The number of carbonyl (C=O) groups excluding carboxylic acids is 1. The molecule has 0 spiro atoms. The molecule has 0 saturated carbocycles. The van der Waals surface area contributed by atoms with Crippen LogP contribution >= 0.6 is 0 Å². The normalized spacial score (nSPS) is 11.0. The van der Waals surface area contributed by atoms with Crippen LogP contribution in [-0.4, -0.2) is 19.2 Å². The van der Waals surface area contributed by atoms with E-state index in [9.17, 15) is 4.79 Å². The number of nitrogens with zero attached hydrogens (tertiary/aromatic N) is 1. The van der Waals surface area contributed by atoms with Gasteiger partial charge in [-0.05, 0) is 58.8 Å². The highest BCUT2D eigenvalue weighted by molar-refractivity contribution is 5.94. The first-order valence-corrected chi connectivity index (χ1v) is 9.39. The molecule has 0 radical (unpaired) electrons. The van der Waals surface area contributed by atoms with Gasteiger partial charge in [0.25, 0.3) is 0 Å². The van der Waals surface area contributed by atoms with E-state index in [-0.39, 0.29) is 12.4 Å². The smallest absolute Gasteiger partial charge is 0.307 e. The predicted molar refractivity (Wildman–Crippen MR) is 115 cm³/mol. The van der Waals surface area contributed by atoms with Gasteiger partial charge in [-0.25, -0.2) is 5.43 Å². The van der Waals surface area contributed by atoms with Crippen LogP contribution in [0.5, 0.6) is 11.5 Å². The summed E-state index contributed by atoms with van der Waals surface area (Å²) >= 11 is 0. The number of rotatable bonds is 7. The van der Waals surface area contributed by atoms with Crippen LogP contribution in [0.1, 0.15) is 21.9 Å². The maximum atomic E-state index is 12.2. The molecule has 0 aliphatic carbocycles. The first kappa shape index (κ1) is 19.3. The van der Waals surface area contributed by atoms with Crippen molar-refractivity contribution >= 4 is 22.9 Å². The molecular formula is C24H20N2O4. The van der Waals surface area contributed by atoms with Gasteiger partial charge < -0.3 is 13.9 Å². The number of carbonyl (C=O) groups is 1. The van der Waals surface area contributed by atoms with Gasteiger partial charge >= 0.3 is 5.91 Å². The molecule has 1 N–H and O–H groups in total. The third kappa shape index (κ3) is 4.67. The Bertz CT molecular complexity index is 1180. The van der Waals surface area contributed by atoms with Crippen LogP contribution in [0.4, 0.5) is 0 Å². The van der Waals surface area contributed by atoms with Crippen molar-refractivity contribution in [2.45, 2.75) is 6.61 Å². The lowest BCUT2D eigenvalue weighted by Gasteiger charge is -2.03. The van der Waals surface area contributed by atoms with Gasteiger partial charge in [-0.3, -0.25) is 4.79 Å². The molecule has 1 aromatic heterocycles. The van der Waals surface area contributed by atoms with Gasteiger partial charge in [-0.2, -0.15) is 5.10 Å². The predicted octanol–water partition coefficient (Wildman–Crippen LogP) is 4.78. The molecule has 6 nitrogen and oxygen atoms in total. The molecule has 1 heterocycles. The Morgan fingerprint density at radius 3 is 2.60 bits per heavy atom. The van der Waals surface area contributed by atoms with Gasteiger partial charge in [0.1, 0.15) is 23.9 Å². The summed E-state index contributed by atoms with van der Waals surface area (Å²) in [6.45, 7) is 0.239. The fourth-order valence-corrected chi connectivity index (χ4v) is 2.92. The number of nitrogens with one attached hydrogen (secondary N) is 1. The van der Waals surface area contributed by atoms with E-state index in [1.54, 1.807) is 25.5 Å². The monoisotopic (exact) mass is 400 g/mol. The molecule has 4 rings (SSSR count). The van der Waals surface area contributed by atoms with Gasteiger partial charge in [0.2, 0.25) is 0 Å². The lowest BCUT2D eigenvalue weighted by Crippen LogP contribution is -2.16. The second-order valence-corrected chi connectivity index (χ2v) is 6.54. The Morgan fingerprint density at radius 2 is 1.77 bits per heavy atom. The Labute approximate surface area is 173 Å². The number of furan rings is 1. The summed E-state index contributed by atoms with van der Waals surface area (Å²) in [4.78, 5) is 12.2. The summed E-state index contributed by atoms with van der Waals surface area (Å²) in [5, 5.41) is 6.14. The largest absolute Gasteiger partial charge is 0.497 e. The number of hydrogen-bond acceptors (Lipinski definition) is 5. The van der Waals surface area contributed by atoms with Crippen molar-refractivity contribution in [2.24, 2.45) is 5.10 Å². The van der Waals surface area contributed by atoms with Gasteiger partial charge in [-0.15, -0.1) is 0 Å². The standard InChI is InChI=1S/C24H20N2O4/c1-28-21-10-9-18-13-17(7-8-19(18)14-21)15-25-26-24(27)23-12-11-22(30-23)16-29-20-5-3-2-4-6-20/h2-15H,16H2,1H3,(H,26,27)/b25-15-. The number of amides is 1. The molecule has 30 heavy (non-hydrogen) atoms. The number of benzene rings is 3. The maximum absolute atomic E-state index is 12.2. The molecule has 150 valence electrons. The van der Waals surface area contributed by atoms with Crippen LogP contribution in [0.2, 0.25) is 0 Å². The van der Waals surface area contributed by atoms with Crippen molar-refractivity contribution in [1.29, 1.82) is 0 Å². The van der Waals surface area contributed by atoms with E-state index in [2.05, 4.69) is 10.5 Å². The number of para-hydroxylation sites is 1. The van der Waals surface area contributed by atoms with Crippen LogP contribution in [0.15, 0.2) is 88.4 Å². The van der Waals surface area contributed by atoms with Crippen LogP contribution in [-0.2, 0) is 6.61 Å². The van der Waals surface area contributed by atoms with Crippen LogP contribution in [0, 0.1) is 0 Å². The van der Waals surface area contributed by atoms with Crippen molar-refractivity contribution in [2.75, 3.05) is 7.11 Å². The van der Waals surface area contributed by atoms with Crippen LogP contribution in [0.3, 0.4) is 0 Å². The van der Waals surface area contributed by atoms with Gasteiger partial charge in [0.15, 0.2) is 5.76 Å². The minimum atomic E-state index is -0.428. The minimum absolute atomic E-state index is 0.171. The van der Waals surface area contributed by atoms with Gasteiger partial charge in [-0.1, -0.05) is 36.4 Å². The van der Waals surface area contributed by atoms with Crippen molar-refractivity contribution in [1.82, 2.24) is 5.43 Å². The van der Waals surface area contributed by atoms with E-state index < -0.39 is 5.91 Å². The Kier molecular flexibility index (Phi) is 5.75. The summed E-state index contributed by atoms with van der Waals surface area (Å²) in [5.41, 5.74) is 3.34. The van der Waals surface area contributed by atoms with Gasteiger partial charge in [0, 0.05) is 0 Å². The zero-order valence-electron chi connectivity index (χ0n) is 16.4. The molecule has 0 atom stereocenters. The number of hydrogen-bond donors (Lipinski definition) is 1. The summed E-state index contributed by atoms with van der Waals surface area (Å²) in [5.74, 6) is 1.84. The molecule has 6 heteroatoms. The fraction of sp³-hybridized carbons (Fsp3) is 0.0833. The molecule has 0 aliphatic rings. The zero-order chi connectivity index (χ0) is 20.8. The lowest BCUT2D eigenvalue weighted by molar-refractivity contribution is 0.0923. The molecule has 3 aromatic carbocycles. The van der Waals surface area contributed by atoms with E-state index in [1.807, 2.05) is 66.7 Å². The van der Waals surface area contributed by atoms with E-state index in [0.717, 1.165) is 27.8 Å².